The standard InChI is InChI=1S/C13H13N3O2S/c17-19(18,16-13-14-7-2-8-15-13)12-6-5-10-3-1-4-11(10)9-12/h2,5-9H,1,3-4H2,(H,14,15,16). The van der Waals surface area contributed by atoms with E-state index in [2.05, 4.69) is 14.7 Å². The van der Waals surface area contributed by atoms with Gasteiger partial charge in [0.15, 0.2) is 0 Å². The van der Waals surface area contributed by atoms with Crippen molar-refractivity contribution >= 4 is 16.0 Å². The lowest BCUT2D eigenvalue weighted by Gasteiger charge is -2.07. The van der Waals surface area contributed by atoms with E-state index in [1.165, 1.54) is 18.0 Å². The van der Waals surface area contributed by atoms with Gasteiger partial charge in [-0.05, 0) is 48.6 Å². The largest absolute Gasteiger partial charge is 0.264 e. The fourth-order valence-corrected chi connectivity index (χ4v) is 3.25. The van der Waals surface area contributed by atoms with Crippen molar-refractivity contribution in [2.75, 3.05) is 4.72 Å². The number of fused-ring (bicyclic) bond motifs is 1. The number of rotatable bonds is 3. The lowest BCUT2D eigenvalue weighted by atomic mass is 10.1. The highest BCUT2D eigenvalue weighted by Gasteiger charge is 2.19. The first-order valence-corrected chi connectivity index (χ1v) is 7.55. The van der Waals surface area contributed by atoms with Crippen LogP contribution < -0.4 is 4.72 Å². The van der Waals surface area contributed by atoms with Gasteiger partial charge in [0.2, 0.25) is 5.95 Å². The van der Waals surface area contributed by atoms with E-state index >= 15 is 0 Å². The number of sulfonamides is 1. The monoisotopic (exact) mass is 275 g/mol. The molecule has 1 heterocycles. The molecule has 0 amide bonds. The van der Waals surface area contributed by atoms with Crippen LogP contribution in [-0.4, -0.2) is 18.4 Å². The molecule has 19 heavy (non-hydrogen) atoms. The maximum Gasteiger partial charge on any atom is 0.264 e. The van der Waals surface area contributed by atoms with Crippen LogP contribution in [0.2, 0.25) is 0 Å². The van der Waals surface area contributed by atoms with Gasteiger partial charge in [-0.15, -0.1) is 0 Å². The van der Waals surface area contributed by atoms with Crippen LogP contribution in [0, 0.1) is 0 Å². The zero-order valence-corrected chi connectivity index (χ0v) is 11.0. The van der Waals surface area contributed by atoms with Gasteiger partial charge in [-0.3, -0.25) is 0 Å². The van der Waals surface area contributed by atoms with Crippen molar-refractivity contribution in [1.29, 1.82) is 0 Å². The molecule has 0 bridgehead atoms. The van der Waals surface area contributed by atoms with Gasteiger partial charge >= 0.3 is 0 Å². The first kappa shape index (κ1) is 12.1. The summed E-state index contributed by atoms with van der Waals surface area (Å²) in [6.07, 6.45) is 6.06. The molecule has 0 unspecified atom stereocenters. The van der Waals surface area contributed by atoms with Crippen molar-refractivity contribution in [2.24, 2.45) is 0 Å². The summed E-state index contributed by atoms with van der Waals surface area (Å²) in [7, 11) is -3.61. The van der Waals surface area contributed by atoms with Gasteiger partial charge < -0.3 is 0 Å². The third-order valence-corrected chi connectivity index (χ3v) is 4.50. The van der Waals surface area contributed by atoms with Crippen LogP contribution in [-0.2, 0) is 22.9 Å². The zero-order valence-electron chi connectivity index (χ0n) is 10.2. The maximum atomic E-state index is 12.2. The Kier molecular flexibility index (Phi) is 2.94. The van der Waals surface area contributed by atoms with Crippen molar-refractivity contribution in [3.63, 3.8) is 0 Å². The predicted octanol–water partition coefficient (Wildman–Crippen LogP) is 1.77. The first-order valence-electron chi connectivity index (χ1n) is 6.07. The van der Waals surface area contributed by atoms with Crippen molar-refractivity contribution in [2.45, 2.75) is 24.2 Å². The second kappa shape index (κ2) is 4.62. The molecule has 1 aromatic heterocycles. The molecule has 1 aliphatic rings. The Morgan fingerprint density at radius 2 is 1.79 bits per heavy atom. The smallest absolute Gasteiger partial charge is 0.247 e. The number of hydrogen-bond donors (Lipinski definition) is 1. The van der Waals surface area contributed by atoms with Gasteiger partial charge in [0.25, 0.3) is 10.0 Å². The van der Waals surface area contributed by atoms with Gasteiger partial charge in [-0.25, -0.2) is 23.1 Å². The van der Waals surface area contributed by atoms with E-state index in [1.807, 2.05) is 6.07 Å². The molecule has 6 heteroatoms. The Morgan fingerprint density at radius 1 is 1.05 bits per heavy atom. The van der Waals surface area contributed by atoms with Crippen LogP contribution in [0.3, 0.4) is 0 Å². The molecule has 0 fully saturated rings. The molecular formula is C13H13N3O2S. The minimum atomic E-state index is -3.61. The second-order valence-corrected chi connectivity index (χ2v) is 6.14. The third kappa shape index (κ3) is 2.44. The Bertz CT molecular complexity index is 699. The average Bonchev–Trinajstić information content (AvgIpc) is 2.86. The van der Waals surface area contributed by atoms with Crippen LogP contribution >= 0.6 is 0 Å². The highest BCUT2D eigenvalue weighted by atomic mass is 32.2. The molecule has 5 nitrogen and oxygen atoms in total. The lowest BCUT2D eigenvalue weighted by molar-refractivity contribution is 0.600. The molecule has 1 aliphatic carbocycles. The number of aryl methyl sites for hydroxylation is 2. The normalized spacial score (nSPS) is 14.1. The van der Waals surface area contributed by atoms with E-state index < -0.39 is 10.0 Å². The third-order valence-electron chi connectivity index (χ3n) is 3.17. The minimum Gasteiger partial charge on any atom is -0.247 e. The number of anilines is 1. The van der Waals surface area contributed by atoms with Gasteiger partial charge in [0.05, 0.1) is 4.90 Å². The lowest BCUT2D eigenvalue weighted by Crippen LogP contribution is -2.15. The molecule has 0 saturated heterocycles. The van der Waals surface area contributed by atoms with Crippen molar-refractivity contribution in [3.05, 3.63) is 47.8 Å². The number of nitrogens with one attached hydrogen (secondary N) is 1. The quantitative estimate of drug-likeness (QED) is 0.926. The van der Waals surface area contributed by atoms with Gasteiger partial charge in [0.1, 0.15) is 0 Å². The summed E-state index contributed by atoms with van der Waals surface area (Å²) < 4.78 is 26.8. The summed E-state index contributed by atoms with van der Waals surface area (Å²) in [6.45, 7) is 0. The molecule has 0 aliphatic heterocycles. The Hall–Kier alpha value is -1.95. The van der Waals surface area contributed by atoms with Crippen molar-refractivity contribution in [1.82, 2.24) is 9.97 Å². The highest BCUT2D eigenvalue weighted by molar-refractivity contribution is 7.92. The molecule has 1 aromatic carbocycles. The topological polar surface area (TPSA) is 72.0 Å². The summed E-state index contributed by atoms with van der Waals surface area (Å²) in [6, 6.07) is 6.90. The SMILES string of the molecule is O=S(=O)(Nc1ncccn1)c1ccc2c(c1)CCC2. The highest BCUT2D eigenvalue weighted by Crippen LogP contribution is 2.25. The van der Waals surface area contributed by atoms with E-state index in [9.17, 15) is 8.42 Å². The van der Waals surface area contributed by atoms with Crippen molar-refractivity contribution < 1.29 is 8.42 Å². The van der Waals surface area contributed by atoms with Crippen LogP contribution in [0.25, 0.3) is 0 Å². The minimum absolute atomic E-state index is 0.0861. The average molecular weight is 275 g/mol. The molecule has 0 spiro atoms. The van der Waals surface area contributed by atoms with Crippen LogP contribution in [0.5, 0.6) is 0 Å². The zero-order chi connectivity index (χ0) is 13.3. The Labute approximate surface area is 111 Å². The summed E-state index contributed by atoms with van der Waals surface area (Å²) in [5.74, 6) is 0.0861. The van der Waals surface area contributed by atoms with E-state index in [0.717, 1.165) is 24.8 Å². The molecule has 3 rings (SSSR count). The fourth-order valence-electron chi connectivity index (χ4n) is 2.25. The van der Waals surface area contributed by atoms with Gasteiger partial charge in [-0.2, -0.15) is 0 Å². The maximum absolute atomic E-state index is 12.2. The molecule has 2 aromatic rings. The van der Waals surface area contributed by atoms with E-state index in [4.69, 9.17) is 0 Å². The second-order valence-electron chi connectivity index (χ2n) is 4.46. The number of hydrogen-bond acceptors (Lipinski definition) is 4. The van der Waals surface area contributed by atoms with E-state index in [-0.39, 0.29) is 10.8 Å². The van der Waals surface area contributed by atoms with Crippen LogP contribution in [0.4, 0.5) is 5.95 Å². The molecule has 1 N–H and O–H groups in total. The first-order chi connectivity index (χ1) is 9.15. The molecule has 0 radical (unpaired) electrons. The van der Waals surface area contributed by atoms with Crippen LogP contribution in [0.15, 0.2) is 41.6 Å². The summed E-state index contributed by atoms with van der Waals surface area (Å²) in [5.41, 5.74) is 2.37. The molecule has 0 atom stereocenters. The van der Waals surface area contributed by atoms with Crippen molar-refractivity contribution in [3.8, 4) is 0 Å². The molecular weight excluding hydrogens is 262 g/mol. The summed E-state index contributed by atoms with van der Waals surface area (Å²) in [4.78, 5) is 7.99. The molecule has 98 valence electrons. The predicted molar refractivity (Wildman–Crippen MR) is 71.3 cm³/mol. The van der Waals surface area contributed by atoms with E-state index in [1.54, 1.807) is 18.2 Å². The Morgan fingerprint density at radius 3 is 2.58 bits per heavy atom. The van der Waals surface area contributed by atoms with E-state index in [0.29, 0.717) is 0 Å². The van der Waals surface area contributed by atoms with Gasteiger partial charge in [0, 0.05) is 12.4 Å². The number of benzene rings is 1. The Balaban J connectivity index is 1.92. The number of nitrogens with zero attached hydrogens (tertiary/aromatic N) is 2. The fraction of sp³-hybridized carbons (Fsp3) is 0.231. The van der Waals surface area contributed by atoms with Gasteiger partial charge in [-0.1, -0.05) is 6.07 Å². The molecule has 0 saturated carbocycles. The van der Waals surface area contributed by atoms with Crippen LogP contribution in [0.1, 0.15) is 17.5 Å². The summed E-state index contributed by atoms with van der Waals surface area (Å²) in [5, 5.41) is 0. The number of aromatic nitrogens is 2. The summed E-state index contributed by atoms with van der Waals surface area (Å²) >= 11 is 0.